The maximum absolute atomic E-state index is 12.9. The Morgan fingerprint density at radius 1 is 1.12 bits per heavy atom. The first-order chi connectivity index (χ1) is 11.6. The average Bonchev–Trinajstić information content (AvgIpc) is 2.60. The lowest BCUT2D eigenvalue weighted by molar-refractivity contribution is -0.128. The van der Waals surface area contributed by atoms with Crippen LogP contribution in [0.5, 0.6) is 5.75 Å². The number of rotatable bonds is 8. The van der Waals surface area contributed by atoms with Gasteiger partial charge >= 0.3 is 0 Å². The molecule has 0 saturated carbocycles. The molecular weight excluding hydrogens is 305 g/mol. The van der Waals surface area contributed by atoms with Gasteiger partial charge in [-0.05, 0) is 56.0 Å². The molecule has 0 unspecified atom stereocenters. The quantitative estimate of drug-likeness (QED) is 0.791. The van der Waals surface area contributed by atoms with Gasteiger partial charge in [-0.2, -0.15) is 0 Å². The van der Waals surface area contributed by atoms with Crippen LogP contribution < -0.4 is 10.1 Å². The van der Waals surface area contributed by atoms with Crippen LogP contribution in [0, 0.1) is 5.82 Å². The molecule has 2 rings (SSSR count). The van der Waals surface area contributed by atoms with Crippen molar-refractivity contribution in [1.29, 1.82) is 0 Å². The molecule has 4 heteroatoms. The highest BCUT2D eigenvalue weighted by molar-refractivity contribution is 5.81. The fourth-order valence-electron chi connectivity index (χ4n) is 2.44. The van der Waals surface area contributed by atoms with Gasteiger partial charge in [-0.25, -0.2) is 4.39 Å². The third-order valence-electron chi connectivity index (χ3n) is 3.85. The Balaban J connectivity index is 1.83. The molecule has 128 valence electrons. The van der Waals surface area contributed by atoms with Crippen LogP contribution in [0.25, 0.3) is 0 Å². The van der Waals surface area contributed by atoms with Crippen molar-refractivity contribution < 1.29 is 13.9 Å². The zero-order chi connectivity index (χ0) is 17.4. The van der Waals surface area contributed by atoms with Crippen molar-refractivity contribution in [3.05, 3.63) is 66.0 Å². The molecule has 2 atom stereocenters. The number of halogens is 1. The van der Waals surface area contributed by atoms with E-state index in [1.807, 2.05) is 32.0 Å². The molecule has 2 aromatic carbocycles. The van der Waals surface area contributed by atoms with Gasteiger partial charge in [0, 0.05) is 6.04 Å². The van der Waals surface area contributed by atoms with Crippen LogP contribution in [0.15, 0.2) is 54.6 Å². The van der Waals surface area contributed by atoms with E-state index in [2.05, 4.69) is 17.4 Å². The van der Waals surface area contributed by atoms with Gasteiger partial charge in [-0.1, -0.05) is 37.3 Å². The zero-order valence-electron chi connectivity index (χ0n) is 14.2. The van der Waals surface area contributed by atoms with E-state index in [0.717, 1.165) is 12.8 Å². The molecule has 1 amide bonds. The highest BCUT2D eigenvalue weighted by Crippen LogP contribution is 2.15. The summed E-state index contributed by atoms with van der Waals surface area (Å²) in [4.78, 5) is 12.4. The van der Waals surface area contributed by atoms with Gasteiger partial charge in [0.2, 0.25) is 0 Å². The summed E-state index contributed by atoms with van der Waals surface area (Å²) in [5.41, 5.74) is 1.26. The van der Waals surface area contributed by atoms with Gasteiger partial charge in [-0.15, -0.1) is 0 Å². The van der Waals surface area contributed by atoms with Crippen LogP contribution in [-0.4, -0.2) is 18.1 Å². The number of hydrogen-bond acceptors (Lipinski definition) is 2. The molecule has 0 aliphatic heterocycles. The number of carbonyl (C=O) groups excluding carboxylic acids is 1. The SMILES string of the molecule is CC[C@H](Oc1ccc(F)cc1)C(=O)N[C@@H](C)CCc1ccccc1. The molecule has 0 spiro atoms. The fraction of sp³-hybridized carbons (Fsp3) is 0.350. The smallest absolute Gasteiger partial charge is 0.261 e. The Labute approximate surface area is 142 Å². The van der Waals surface area contributed by atoms with E-state index < -0.39 is 6.10 Å². The Bertz CT molecular complexity index is 628. The first kappa shape index (κ1) is 18.0. The fourth-order valence-corrected chi connectivity index (χ4v) is 2.44. The monoisotopic (exact) mass is 329 g/mol. The van der Waals surface area contributed by atoms with Crippen molar-refractivity contribution in [1.82, 2.24) is 5.32 Å². The summed E-state index contributed by atoms with van der Waals surface area (Å²) in [5, 5.41) is 2.99. The van der Waals surface area contributed by atoms with Gasteiger partial charge < -0.3 is 10.1 Å². The van der Waals surface area contributed by atoms with Crippen LogP contribution in [0.1, 0.15) is 32.3 Å². The molecule has 0 aromatic heterocycles. The number of hydrogen-bond donors (Lipinski definition) is 1. The molecule has 0 radical (unpaired) electrons. The van der Waals surface area contributed by atoms with Gasteiger partial charge in [0.1, 0.15) is 11.6 Å². The number of aryl methyl sites for hydroxylation is 1. The van der Waals surface area contributed by atoms with E-state index in [0.29, 0.717) is 12.2 Å². The molecule has 1 N–H and O–H groups in total. The van der Waals surface area contributed by atoms with E-state index in [4.69, 9.17) is 4.74 Å². The minimum absolute atomic E-state index is 0.0589. The normalized spacial score (nSPS) is 13.1. The lowest BCUT2D eigenvalue weighted by Gasteiger charge is -2.20. The first-order valence-electron chi connectivity index (χ1n) is 8.35. The van der Waals surface area contributed by atoms with Gasteiger partial charge in [0.25, 0.3) is 5.91 Å². The lowest BCUT2D eigenvalue weighted by Crippen LogP contribution is -2.42. The Hall–Kier alpha value is -2.36. The summed E-state index contributed by atoms with van der Waals surface area (Å²) in [7, 11) is 0. The molecule has 0 heterocycles. The molecule has 3 nitrogen and oxygen atoms in total. The molecule has 0 fully saturated rings. The molecule has 0 bridgehead atoms. The minimum Gasteiger partial charge on any atom is -0.481 e. The van der Waals surface area contributed by atoms with Gasteiger partial charge in [0.15, 0.2) is 6.10 Å². The third kappa shape index (κ3) is 5.69. The maximum atomic E-state index is 12.9. The maximum Gasteiger partial charge on any atom is 0.261 e. The molecular formula is C20H24FNO2. The molecule has 24 heavy (non-hydrogen) atoms. The Morgan fingerprint density at radius 3 is 2.42 bits per heavy atom. The molecule has 0 aliphatic rings. The lowest BCUT2D eigenvalue weighted by atomic mass is 10.1. The second kappa shape index (κ2) is 9.06. The zero-order valence-corrected chi connectivity index (χ0v) is 14.2. The van der Waals surface area contributed by atoms with Crippen molar-refractivity contribution in [3.63, 3.8) is 0 Å². The topological polar surface area (TPSA) is 38.3 Å². The van der Waals surface area contributed by atoms with Crippen molar-refractivity contribution in [2.45, 2.75) is 45.3 Å². The van der Waals surface area contributed by atoms with Crippen molar-refractivity contribution in [2.75, 3.05) is 0 Å². The summed E-state index contributed by atoms with van der Waals surface area (Å²) in [6.07, 6.45) is 1.75. The standard InChI is InChI=1S/C20H24FNO2/c1-3-19(24-18-13-11-17(21)12-14-18)20(23)22-15(2)9-10-16-7-5-4-6-8-16/h4-8,11-15,19H,3,9-10H2,1-2H3,(H,22,23)/t15-,19-/m0/s1. The summed E-state index contributed by atoms with van der Waals surface area (Å²) in [6.45, 7) is 3.88. The van der Waals surface area contributed by atoms with E-state index in [1.54, 1.807) is 0 Å². The summed E-state index contributed by atoms with van der Waals surface area (Å²) >= 11 is 0. The number of benzene rings is 2. The average molecular weight is 329 g/mol. The Morgan fingerprint density at radius 2 is 1.79 bits per heavy atom. The Kier molecular flexibility index (Phi) is 6.79. The van der Waals surface area contributed by atoms with Gasteiger partial charge in [0.05, 0.1) is 0 Å². The number of ether oxygens (including phenoxy) is 1. The highest BCUT2D eigenvalue weighted by atomic mass is 19.1. The summed E-state index contributed by atoms with van der Waals surface area (Å²) < 4.78 is 18.6. The van der Waals surface area contributed by atoms with Crippen LogP contribution in [0.4, 0.5) is 4.39 Å². The van der Waals surface area contributed by atoms with E-state index >= 15 is 0 Å². The predicted molar refractivity (Wildman–Crippen MR) is 93.5 cm³/mol. The first-order valence-corrected chi connectivity index (χ1v) is 8.35. The van der Waals surface area contributed by atoms with Gasteiger partial charge in [-0.3, -0.25) is 4.79 Å². The van der Waals surface area contributed by atoms with Crippen molar-refractivity contribution >= 4 is 5.91 Å². The molecule has 0 saturated heterocycles. The highest BCUT2D eigenvalue weighted by Gasteiger charge is 2.20. The van der Waals surface area contributed by atoms with Crippen molar-refractivity contribution in [3.8, 4) is 5.75 Å². The van der Waals surface area contributed by atoms with Crippen LogP contribution in [-0.2, 0) is 11.2 Å². The third-order valence-corrected chi connectivity index (χ3v) is 3.85. The largest absolute Gasteiger partial charge is 0.481 e. The number of amides is 1. The van der Waals surface area contributed by atoms with Crippen molar-refractivity contribution in [2.24, 2.45) is 0 Å². The molecule has 2 aromatic rings. The minimum atomic E-state index is -0.574. The van der Waals surface area contributed by atoms with E-state index in [1.165, 1.54) is 29.8 Å². The van der Waals surface area contributed by atoms with Crippen LogP contribution in [0.2, 0.25) is 0 Å². The van der Waals surface area contributed by atoms with Crippen LogP contribution >= 0.6 is 0 Å². The number of nitrogens with one attached hydrogen (secondary N) is 1. The van der Waals surface area contributed by atoms with Crippen LogP contribution in [0.3, 0.4) is 0 Å². The second-order valence-corrected chi connectivity index (χ2v) is 5.90. The summed E-state index contributed by atoms with van der Waals surface area (Å²) in [5.74, 6) is 0.0344. The van der Waals surface area contributed by atoms with E-state index in [9.17, 15) is 9.18 Å². The predicted octanol–water partition coefficient (Wildman–Crippen LogP) is 4.12. The second-order valence-electron chi connectivity index (χ2n) is 5.90. The summed E-state index contributed by atoms with van der Waals surface area (Å²) in [6, 6.07) is 16.0. The number of carbonyl (C=O) groups is 1. The van der Waals surface area contributed by atoms with E-state index in [-0.39, 0.29) is 17.8 Å². The molecule has 0 aliphatic carbocycles.